The number of hydrogen-bond donors (Lipinski definition) is 2. The van der Waals surface area contributed by atoms with Gasteiger partial charge in [-0.25, -0.2) is 0 Å². The van der Waals surface area contributed by atoms with Gasteiger partial charge in [-0.2, -0.15) is 0 Å². The lowest BCUT2D eigenvalue weighted by Crippen LogP contribution is -2.45. The van der Waals surface area contributed by atoms with Crippen molar-refractivity contribution in [2.75, 3.05) is 13.7 Å². The smallest absolute Gasteiger partial charge is 0.123 e. The van der Waals surface area contributed by atoms with Gasteiger partial charge in [-0.1, -0.05) is 61.4 Å². The van der Waals surface area contributed by atoms with Gasteiger partial charge in [-0.3, -0.25) is 0 Å². The Hall–Kier alpha value is -1.84. The van der Waals surface area contributed by atoms with E-state index < -0.39 is 0 Å². The molecule has 3 nitrogen and oxygen atoms in total. The standard InChI is InChI=1S/C23H30N2O/c1-26-21-13-6-5-10-19(21)16-25-23-20-12-7-11-17(20)14-15-24-22(23)18-8-3-2-4-9-18/h2-6,8-10,13,17,20,22-25H,7,11-12,14-16H2,1H3. The normalized spacial score (nSPS) is 28.3. The number of nitrogens with one attached hydrogen (secondary N) is 2. The average Bonchev–Trinajstić information content (AvgIpc) is 3.09. The molecular weight excluding hydrogens is 320 g/mol. The van der Waals surface area contributed by atoms with Crippen LogP contribution in [0.5, 0.6) is 5.75 Å². The lowest BCUT2D eigenvalue weighted by molar-refractivity contribution is 0.257. The van der Waals surface area contributed by atoms with E-state index in [0.29, 0.717) is 12.1 Å². The number of hydrogen-bond acceptors (Lipinski definition) is 3. The molecule has 2 aromatic carbocycles. The molecule has 4 unspecified atom stereocenters. The van der Waals surface area contributed by atoms with Crippen LogP contribution < -0.4 is 15.4 Å². The zero-order valence-corrected chi connectivity index (χ0v) is 15.7. The minimum absolute atomic E-state index is 0.374. The van der Waals surface area contributed by atoms with Crippen LogP contribution in [0.2, 0.25) is 0 Å². The topological polar surface area (TPSA) is 33.3 Å². The molecule has 0 amide bonds. The number of ether oxygens (including phenoxy) is 1. The van der Waals surface area contributed by atoms with Crippen LogP contribution in [0.1, 0.15) is 42.9 Å². The molecule has 26 heavy (non-hydrogen) atoms. The Kier molecular flexibility index (Phi) is 5.57. The highest BCUT2D eigenvalue weighted by Gasteiger charge is 2.39. The van der Waals surface area contributed by atoms with Crippen LogP contribution >= 0.6 is 0 Å². The van der Waals surface area contributed by atoms with Crippen molar-refractivity contribution < 1.29 is 4.74 Å². The third-order valence-corrected chi connectivity index (χ3v) is 6.30. The molecule has 0 bridgehead atoms. The number of rotatable bonds is 5. The molecule has 1 saturated carbocycles. The van der Waals surface area contributed by atoms with Crippen LogP contribution in [0.3, 0.4) is 0 Å². The van der Waals surface area contributed by atoms with Gasteiger partial charge in [0.25, 0.3) is 0 Å². The van der Waals surface area contributed by atoms with Gasteiger partial charge in [0.2, 0.25) is 0 Å². The van der Waals surface area contributed by atoms with Crippen molar-refractivity contribution in [1.29, 1.82) is 0 Å². The molecule has 2 fully saturated rings. The highest BCUT2D eigenvalue weighted by molar-refractivity contribution is 5.33. The summed E-state index contributed by atoms with van der Waals surface area (Å²) in [6, 6.07) is 20.1. The molecule has 3 heteroatoms. The maximum absolute atomic E-state index is 5.55. The Morgan fingerprint density at radius 3 is 2.65 bits per heavy atom. The molecule has 1 aliphatic heterocycles. The van der Waals surface area contributed by atoms with Gasteiger partial charge in [-0.15, -0.1) is 0 Å². The molecule has 138 valence electrons. The van der Waals surface area contributed by atoms with E-state index >= 15 is 0 Å². The van der Waals surface area contributed by atoms with Gasteiger partial charge < -0.3 is 15.4 Å². The van der Waals surface area contributed by atoms with Crippen molar-refractivity contribution in [2.45, 2.75) is 44.3 Å². The first-order valence-corrected chi connectivity index (χ1v) is 10.0. The van der Waals surface area contributed by atoms with Crippen LogP contribution in [-0.2, 0) is 6.54 Å². The zero-order chi connectivity index (χ0) is 17.8. The third-order valence-electron chi connectivity index (χ3n) is 6.30. The van der Waals surface area contributed by atoms with E-state index in [1.165, 1.54) is 36.8 Å². The maximum atomic E-state index is 5.55. The molecule has 0 aromatic heterocycles. The fraction of sp³-hybridized carbons (Fsp3) is 0.478. The van der Waals surface area contributed by atoms with Crippen molar-refractivity contribution in [3.63, 3.8) is 0 Å². The maximum Gasteiger partial charge on any atom is 0.123 e. The summed E-state index contributed by atoms with van der Waals surface area (Å²) in [5, 5.41) is 7.78. The van der Waals surface area contributed by atoms with Crippen LogP contribution in [0.25, 0.3) is 0 Å². The van der Waals surface area contributed by atoms with E-state index in [9.17, 15) is 0 Å². The highest BCUT2D eigenvalue weighted by atomic mass is 16.5. The molecular formula is C23H30N2O. The second kappa shape index (κ2) is 8.24. The van der Waals surface area contributed by atoms with Gasteiger partial charge in [0, 0.05) is 24.2 Å². The molecule has 1 heterocycles. The molecule has 0 radical (unpaired) electrons. The Balaban J connectivity index is 1.59. The first-order chi connectivity index (χ1) is 12.9. The average molecular weight is 351 g/mol. The van der Waals surface area contributed by atoms with Crippen molar-refractivity contribution in [3.8, 4) is 5.75 Å². The Labute approximate surface area is 157 Å². The van der Waals surface area contributed by atoms with Crippen LogP contribution in [0.15, 0.2) is 54.6 Å². The molecule has 2 N–H and O–H groups in total. The van der Waals surface area contributed by atoms with Crippen molar-refractivity contribution >= 4 is 0 Å². The summed E-state index contributed by atoms with van der Waals surface area (Å²) >= 11 is 0. The van der Waals surface area contributed by atoms with Gasteiger partial charge in [0.15, 0.2) is 0 Å². The quantitative estimate of drug-likeness (QED) is 0.843. The lowest BCUT2D eigenvalue weighted by Gasteiger charge is -2.33. The summed E-state index contributed by atoms with van der Waals surface area (Å²) in [5.41, 5.74) is 2.64. The van der Waals surface area contributed by atoms with Crippen LogP contribution in [-0.4, -0.2) is 19.7 Å². The number of para-hydroxylation sites is 1. The van der Waals surface area contributed by atoms with Crippen molar-refractivity contribution in [3.05, 3.63) is 65.7 Å². The predicted octanol–water partition coefficient (Wildman–Crippen LogP) is 4.30. The summed E-state index contributed by atoms with van der Waals surface area (Å²) in [6.07, 6.45) is 5.42. The monoisotopic (exact) mass is 350 g/mol. The van der Waals surface area contributed by atoms with E-state index in [1.54, 1.807) is 7.11 Å². The van der Waals surface area contributed by atoms with Gasteiger partial charge in [0.05, 0.1) is 7.11 Å². The highest BCUT2D eigenvalue weighted by Crippen LogP contribution is 2.42. The summed E-state index contributed by atoms with van der Waals surface area (Å²) in [4.78, 5) is 0. The fourth-order valence-corrected chi connectivity index (χ4v) is 5.03. The van der Waals surface area contributed by atoms with Crippen molar-refractivity contribution in [1.82, 2.24) is 10.6 Å². The predicted molar refractivity (Wildman–Crippen MR) is 106 cm³/mol. The van der Waals surface area contributed by atoms with Crippen molar-refractivity contribution in [2.24, 2.45) is 11.8 Å². The number of fused-ring (bicyclic) bond motifs is 1. The summed E-state index contributed by atoms with van der Waals surface area (Å²) < 4.78 is 5.55. The molecule has 4 atom stereocenters. The second-order valence-electron chi connectivity index (χ2n) is 7.70. The molecule has 2 aliphatic rings. The van der Waals surface area contributed by atoms with Crippen LogP contribution in [0, 0.1) is 11.8 Å². The summed E-state index contributed by atoms with van der Waals surface area (Å²) in [7, 11) is 1.76. The minimum Gasteiger partial charge on any atom is -0.496 e. The summed E-state index contributed by atoms with van der Waals surface area (Å²) in [6.45, 7) is 1.97. The Bertz CT molecular complexity index is 702. The minimum atomic E-state index is 0.374. The molecule has 1 saturated heterocycles. The van der Waals surface area contributed by atoms with Crippen LogP contribution in [0.4, 0.5) is 0 Å². The fourth-order valence-electron chi connectivity index (χ4n) is 5.03. The largest absolute Gasteiger partial charge is 0.496 e. The zero-order valence-electron chi connectivity index (χ0n) is 15.7. The van der Waals surface area contributed by atoms with E-state index in [0.717, 1.165) is 30.7 Å². The Morgan fingerprint density at radius 2 is 1.81 bits per heavy atom. The summed E-state index contributed by atoms with van der Waals surface area (Å²) in [5.74, 6) is 2.58. The molecule has 1 aliphatic carbocycles. The molecule has 2 aromatic rings. The molecule has 0 spiro atoms. The third kappa shape index (κ3) is 3.65. The SMILES string of the molecule is COc1ccccc1CNC1C(c2ccccc2)NCCC2CCCC21. The van der Waals surface area contributed by atoms with E-state index in [1.807, 2.05) is 6.07 Å². The van der Waals surface area contributed by atoms with E-state index in [4.69, 9.17) is 4.74 Å². The van der Waals surface area contributed by atoms with Gasteiger partial charge in [0.1, 0.15) is 5.75 Å². The number of benzene rings is 2. The van der Waals surface area contributed by atoms with Gasteiger partial charge in [-0.05, 0) is 42.9 Å². The first-order valence-electron chi connectivity index (χ1n) is 10.0. The second-order valence-corrected chi connectivity index (χ2v) is 7.70. The Morgan fingerprint density at radius 1 is 1.00 bits per heavy atom. The first kappa shape index (κ1) is 17.6. The molecule has 4 rings (SSSR count). The number of methoxy groups -OCH3 is 1. The lowest BCUT2D eigenvalue weighted by atomic mass is 9.83. The van der Waals surface area contributed by atoms with Gasteiger partial charge >= 0.3 is 0 Å². The van der Waals surface area contributed by atoms with E-state index in [-0.39, 0.29) is 0 Å². The van der Waals surface area contributed by atoms with E-state index in [2.05, 4.69) is 59.2 Å².